The number of amides is 1. The highest BCUT2D eigenvalue weighted by molar-refractivity contribution is 5.92. The Morgan fingerprint density at radius 2 is 2.24 bits per heavy atom. The average molecular weight is 285 g/mol. The fourth-order valence-electron chi connectivity index (χ4n) is 2.14. The minimum absolute atomic E-state index is 0.0977. The lowest BCUT2D eigenvalue weighted by molar-refractivity contribution is 0.0924. The van der Waals surface area contributed by atoms with E-state index in [0.29, 0.717) is 11.6 Å². The van der Waals surface area contributed by atoms with Gasteiger partial charge in [0.05, 0.1) is 13.2 Å². The quantitative estimate of drug-likeness (QED) is 0.881. The SMILES string of the molecule is COc1cccc(C(=O)NC2CN(c3ccncn3)C2)n1. The van der Waals surface area contributed by atoms with Crippen molar-refractivity contribution < 1.29 is 9.53 Å². The van der Waals surface area contributed by atoms with E-state index in [9.17, 15) is 4.79 Å². The van der Waals surface area contributed by atoms with E-state index in [0.717, 1.165) is 18.9 Å². The number of nitrogens with one attached hydrogen (secondary N) is 1. The fourth-order valence-corrected chi connectivity index (χ4v) is 2.14. The van der Waals surface area contributed by atoms with E-state index in [1.807, 2.05) is 6.07 Å². The summed E-state index contributed by atoms with van der Waals surface area (Å²) < 4.78 is 5.01. The minimum atomic E-state index is -0.193. The van der Waals surface area contributed by atoms with Crippen LogP contribution in [0.15, 0.2) is 36.8 Å². The highest BCUT2D eigenvalue weighted by atomic mass is 16.5. The number of anilines is 1. The van der Waals surface area contributed by atoms with Gasteiger partial charge in [-0.3, -0.25) is 4.79 Å². The Balaban J connectivity index is 1.55. The van der Waals surface area contributed by atoms with Gasteiger partial charge in [0.15, 0.2) is 0 Å². The number of nitrogens with zero attached hydrogens (tertiary/aromatic N) is 4. The van der Waals surface area contributed by atoms with Crippen molar-refractivity contribution in [3.8, 4) is 5.88 Å². The summed E-state index contributed by atoms with van der Waals surface area (Å²) in [6, 6.07) is 7.06. The van der Waals surface area contributed by atoms with Gasteiger partial charge in [0.1, 0.15) is 17.8 Å². The van der Waals surface area contributed by atoms with Crippen molar-refractivity contribution >= 4 is 11.7 Å². The summed E-state index contributed by atoms with van der Waals surface area (Å²) in [5.74, 6) is 1.11. The third kappa shape index (κ3) is 2.91. The van der Waals surface area contributed by atoms with Crippen LogP contribution in [0.25, 0.3) is 0 Å². The Morgan fingerprint density at radius 3 is 2.95 bits per heavy atom. The van der Waals surface area contributed by atoms with Crippen molar-refractivity contribution in [3.63, 3.8) is 0 Å². The van der Waals surface area contributed by atoms with Gasteiger partial charge in [-0.25, -0.2) is 15.0 Å². The maximum atomic E-state index is 12.1. The molecule has 0 aliphatic carbocycles. The molecule has 1 aliphatic heterocycles. The lowest BCUT2D eigenvalue weighted by Crippen LogP contribution is -2.59. The number of hydrogen-bond acceptors (Lipinski definition) is 6. The normalized spacial score (nSPS) is 14.4. The summed E-state index contributed by atoms with van der Waals surface area (Å²) in [6.07, 6.45) is 3.22. The van der Waals surface area contributed by atoms with E-state index in [1.165, 1.54) is 13.4 Å². The van der Waals surface area contributed by atoms with Crippen molar-refractivity contribution in [1.82, 2.24) is 20.3 Å². The summed E-state index contributed by atoms with van der Waals surface area (Å²) in [5, 5.41) is 2.94. The Hall–Kier alpha value is -2.70. The number of carbonyl (C=O) groups is 1. The molecule has 21 heavy (non-hydrogen) atoms. The second kappa shape index (κ2) is 5.74. The van der Waals surface area contributed by atoms with Crippen LogP contribution in [0.1, 0.15) is 10.5 Å². The first-order valence-corrected chi connectivity index (χ1v) is 6.59. The molecule has 108 valence electrons. The van der Waals surface area contributed by atoms with Gasteiger partial charge in [-0.15, -0.1) is 0 Å². The average Bonchev–Trinajstić information content (AvgIpc) is 2.51. The molecule has 3 heterocycles. The van der Waals surface area contributed by atoms with Crippen LogP contribution in [0.5, 0.6) is 5.88 Å². The molecule has 7 nitrogen and oxygen atoms in total. The van der Waals surface area contributed by atoms with Crippen LogP contribution in [0.4, 0.5) is 5.82 Å². The topological polar surface area (TPSA) is 80.2 Å². The molecule has 1 amide bonds. The molecule has 0 atom stereocenters. The highest BCUT2D eigenvalue weighted by Gasteiger charge is 2.29. The second-order valence-corrected chi connectivity index (χ2v) is 4.71. The summed E-state index contributed by atoms with van der Waals surface area (Å²) >= 11 is 0. The van der Waals surface area contributed by atoms with E-state index in [1.54, 1.807) is 24.4 Å². The third-order valence-electron chi connectivity index (χ3n) is 3.27. The van der Waals surface area contributed by atoms with Crippen LogP contribution in [-0.4, -0.2) is 47.1 Å². The van der Waals surface area contributed by atoms with Crippen LogP contribution < -0.4 is 15.0 Å². The zero-order valence-corrected chi connectivity index (χ0v) is 11.6. The molecule has 7 heteroatoms. The van der Waals surface area contributed by atoms with Crippen molar-refractivity contribution in [3.05, 3.63) is 42.5 Å². The Bertz CT molecular complexity index is 628. The maximum absolute atomic E-state index is 12.1. The number of hydrogen-bond donors (Lipinski definition) is 1. The van der Waals surface area contributed by atoms with E-state index in [4.69, 9.17) is 4.74 Å². The molecule has 0 saturated carbocycles. The van der Waals surface area contributed by atoms with Crippen LogP contribution in [0.2, 0.25) is 0 Å². The van der Waals surface area contributed by atoms with Gasteiger partial charge in [0.25, 0.3) is 5.91 Å². The van der Waals surface area contributed by atoms with Gasteiger partial charge in [0.2, 0.25) is 5.88 Å². The Morgan fingerprint density at radius 1 is 1.38 bits per heavy atom. The van der Waals surface area contributed by atoms with Gasteiger partial charge in [0, 0.05) is 25.4 Å². The number of ether oxygens (including phenoxy) is 1. The second-order valence-electron chi connectivity index (χ2n) is 4.71. The first-order chi connectivity index (χ1) is 10.3. The molecule has 3 rings (SSSR count). The molecule has 2 aromatic heterocycles. The molecule has 0 aromatic carbocycles. The standard InChI is InChI=1S/C14H15N5O2/c1-21-13-4-2-3-11(18-13)14(20)17-10-7-19(8-10)12-5-6-15-9-16-12/h2-6,9-10H,7-8H2,1H3,(H,17,20). The number of carbonyl (C=O) groups excluding carboxylic acids is 1. The van der Waals surface area contributed by atoms with Gasteiger partial charge < -0.3 is 15.0 Å². The molecule has 2 aromatic rings. The molecule has 1 fully saturated rings. The predicted octanol–water partition coefficient (Wildman–Crippen LogP) is 0.499. The lowest BCUT2D eigenvalue weighted by Gasteiger charge is -2.40. The smallest absolute Gasteiger partial charge is 0.270 e. The number of methoxy groups -OCH3 is 1. The van der Waals surface area contributed by atoms with E-state index in [2.05, 4.69) is 25.2 Å². The van der Waals surface area contributed by atoms with Crippen LogP contribution in [-0.2, 0) is 0 Å². The zero-order valence-electron chi connectivity index (χ0n) is 11.6. The largest absolute Gasteiger partial charge is 0.481 e. The van der Waals surface area contributed by atoms with Crippen molar-refractivity contribution in [1.29, 1.82) is 0 Å². The Labute approximate surface area is 122 Å². The zero-order chi connectivity index (χ0) is 14.7. The van der Waals surface area contributed by atoms with E-state index >= 15 is 0 Å². The maximum Gasteiger partial charge on any atom is 0.270 e. The van der Waals surface area contributed by atoms with Crippen LogP contribution >= 0.6 is 0 Å². The molecule has 1 saturated heterocycles. The molecule has 0 radical (unpaired) electrons. The predicted molar refractivity (Wildman–Crippen MR) is 76.3 cm³/mol. The number of pyridine rings is 1. The molecular formula is C14H15N5O2. The van der Waals surface area contributed by atoms with Crippen LogP contribution in [0, 0.1) is 0 Å². The fraction of sp³-hybridized carbons (Fsp3) is 0.286. The van der Waals surface area contributed by atoms with Gasteiger partial charge in [-0.1, -0.05) is 6.07 Å². The minimum Gasteiger partial charge on any atom is -0.481 e. The van der Waals surface area contributed by atoms with Gasteiger partial charge in [-0.05, 0) is 12.1 Å². The lowest BCUT2D eigenvalue weighted by atomic mass is 10.1. The van der Waals surface area contributed by atoms with Gasteiger partial charge >= 0.3 is 0 Å². The van der Waals surface area contributed by atoms with Crippen molar-refractivity contribution in [2.45, 2.75) is 6.04 Å². The molecular weight excluding hydrogens is 270 g/mol. The summed E-state index contributed by atoms with van der Waals surface area (Å²) in [6.45, 7) is 1.46. The molecule has 0 spiro atoms. The van der Waals surface area contributed by atoms with Crippen molar-refractivity contribution in [2.75, 3.05) is 25.1 Å². The third-order valence-corrected chi connectivity index (χ3v) is 3.27. The molecule has 0 bridgehead atoms. The number of rotatable bonds is 4. The Kier molecular flexibility index (Phi) is 3.63. The highest BCUT2D eigenvalue weighted by Crippen LogP contribution is 2.17. The molecule has 1 N–H and O–H groups in total. The monoisotopic (exact) mass is 285 g/mol. The van der Waals surface area contributed by atoms with Gasteiger partial charge in [-0.2, -0.15) is 0 Å². The molecule has 1 aliphatic rings. The first-order valence-electron chi connectivity index (χ1n) is 6.59. The van der Waals surface area contributed by atoms with E-state index in [-0.39, 0.29) is 11.9 Å². The first kappa shape index (κ1) is 13.3. The van der Waals surface area contributed by atoms with Crippen molar-refractivity contribution in [2.24, 2.45) is 0 Å². The summed E-state index contributed by atoms with van der Waals surface area (Å²) in [7, 11) is 1.52. The summed E-state index contributed by atoms with van der Waals surface area (Å²) in [5.41, 5.74) is 0.356. The number of aromatic nitrogens is 3. The van der Waals surface area contributed by atoms with Crippen LogP contribution in [0.3, 0.4) is 0 Å². The summed E-state index contributed by atoms with van der Waals surface area (Å²) in [4.78, 5) is 26.3. The molecule has 0 unspecified atom stereocenters. The van der Waals surface area contributed by atoms with E-state index < -0.39 is 0 Å².